The lowest BCUT2D eigenvalue weighted by Crippen LogP contribution is -2.44. The molecule has 0 aromatic heterocycles. The van der Waals surface area contributed by atoms with Crippen LogP contribution in [0.3, 0.4) is 0 Å². The molecule has 0 heterocycles. The van der Waals surface area contributed by atoms with Gasteiger partial charge in [0.2, 0.25) is 5.91 Å². The highest BCUT2D eigenvalue weighted by Crippen LogP contribution is 2.10. The minimum Gasteiger partial charge on any atom is -0.374 e. The number of nitrogens with zero attached hydrogens (tertiary/aromatic N) is 1. The minimum atomic E-state index is -0.587. The van der Waals surface area contributed by atoms with E-state index in [9.17, 15) is 9.59 Å². The topological polar surface area (TPSA) is 94.0 Å². The van der Waals surface area contributed by atoms with Gasteiger partial charge in [-0.3, -0.25) is 10.1 Å². The Labute approximate surface area is 105 Å². The molecule has 3 N–H and O–H groups in total. The van der Waals surface area contributed by atoms with Gasteiger partial charge in [-0.15, -0.1) is 0 Å². The summed E-state index contributed by atoms with van der Waals surface area (Å²) >= 11 is 0. The van der Waals surface area contributed by atoms with Gasteiger partial charge in [-0.2, -0.15) is 5.26 Å². The Morgan fingerprint density at radius 1 is 1.39 bits per heavy atom. The molecule has 0 aliphatic heterocycles. The summed E-state index contributed by atoms with van der Waals surface area (Å²) in [7, 11) is 1.43. The van der Waals surface area contributed by atoms with Crippen LogP contribution in [0.25, 0.3) is 0 Å². The summed E-state index contributed by atoms with van der Waals surface area (Å²) in [5, 5.41) is 16.1. The van der Waals surface area contributed by atoms with Gasteiger partial charge in [0.15, 0.2) is 0 Å². The van der Waals surface area contributed by atoms with Crippen LogP contribution in [0.15, 0.2) is 24.3 Å². The van der Waals surface area contributed by atoms with Crippen LogP contribution < -0.4 is 16.0 Å². The molecule has 1 aromatic rings. The summed E-state index contributed by atoms with van der Waals surface area (Å²) in [6, 6.07) is 7.61. The number of anilines is 1. The second-order valence-corrected chi connectivity index (χ2v) is 3.63. The maximum atomic E-state index is 11.6. The largest absolute Gasteiger partial charge is 0.374 e. The Hall–Kier alpha value is -2.55. The highest BCUT2D eigenvalue weighted by molar-refractivity contribution is 5.97. The van der Waals surface area contributed by atoms with Crippen molar-refractivity contribution in [3.63, 3.8) is 0 Å². The summed E-state index contributed by atoms with van der Waals surface area (Å²) in [5.41, 5.74) is 1.15. The van der Waals surface area contributed by atoms with Gasteiger partial charge in [0.05, 0.1) is 11.6 Å². The third kappa shape index (κ3) is 3.79. The summed E-state index contributed by atoms with van der Waals surface area (Å²) < 4.78 is 0. The van der Waals surface area contributed by atoms with E-state index in [1.54, 1.807) is 31.2 Å². The average Bonchev–Trinajstić information content (AvgIpc) is 2.38. The van der Waals surface area contributed by atoms with Crippen LogP contribution in [-0.4, -0.2) is 25.0 Å². The van der Waals surface area contributed by atoms with Gasteiger partial charge in [0.1, 0.15) is 6.04 Å². The van der Waals surface area contributed by atoms with E-state index in [0.29, 0.717) is 11.3 Å². The highest BCUT2D eigenvalue weighted by atomic mass is 16.2. The Morgan fingerprint density at radius 3 is 2.72 bits per heavy atom. The highest BCUT2D eigenvalue weighted by Gasteiger charge is 2.14. The van der Waals surface area contributed by atoms with Crippen molar-refractivity contribution < 1.29 is 9.59 Å². The van der Waals surface area contributed by atoms with Gasteiger partial charge in [-0.1, -0.05) is 6.07 Å². The molecule has 0 fully saturated rings. The number of rotatable bonds is 3. The molecule has 1 atom stereocenters. The molecule has 3 amide bonds. The Bertz CT molecular complexity index is 493. The van der Waals surface area contributed by atoms with Crippen LogP contribution in [-0.2, 0) is 4.79 Å². The first-order valence-electron chi connectivity index (χ1n) is 5.36. The molecular weight excluding hydrogens is 232 g/mol. The number of carbonyl (C=O) groups excluding carboxylic acids is 2. The predicted molar refractivity (Wildman–Crippen MR) is 66.8 cm³/mol. The van der Waals surface area contributed by atoms with Gasteiger partial charge in [0, 0.05) is 12.7 Å². The summed E-state index contributed by atoms with van der Waals surface area (Å²) in [4.78, 5) is 22.5. The van der Waals surface area contributed by atoms with Gasteiger partial charge in [-0.25, -0.2) is 4.79 Å². The van der Waals surface area contributed by atoms with Gasteiger partial charge in [0.25, 0.3) is 0 Å². The summed E-state index contributed by atoms with van der Waals surface area (Å²) in [5.74, 6) is -0.447. The molecule has 1 unspecified atom stereocenters. The molecule has 0 saturated carbocycles. The van der Waals surface area contributed by atoms with Crippen molar-refractivity contribution in [3.8, 4) is 6.07 Å². The number of urea groups is 1. The predicted octanol–water partition coefficient (Wildman–Crippen LogP) is 0.814. The second-order valence-electron chi connectivity index (χ2n) is 3.63. The fraction of sp³-hybridized carbons (Fsp3) is 0.250. The normalized spacial score (nSPS) is 10.9. The van der Waals surface area contributed by atoms with E-state index in [1.807, 2.05) is 6.07 Å². The smallest absolute Gasteiger partial charge is 0.321 e. The molecule has 0 spiro atoms. The average molecular weight is 246 g/mol. The van der Waals surface area contributed by atoms with Crippen molar-refractivity contribution in [1.82, 2.24) is 10.6 Å². The van der Waals surface area contributed by atoms with E-state index in [0.717, 1.165) is 0 Å². The van der Waals surface area contributed by atoms with Crippen molar-refractivity contribution >= 4 is 17.6 Å². The maximum Gasteiger partial charge on any atom is 0.321 e. The van der Waals surface area contributed by atoms with Crippen molar-refractivity contribution in [3.05, 3.63) is 29.8 Å². The number of nitrogens with one attached hydrogen (secondary N) is 3. The van der Waals surface area contributed by atoms with Gasteiger partial charge < -0.3 is 10.6 Å². The van der Waals surface area contributed by atoms with E-state index in [4.69, 9.17) is 5.26 Å². The third-order valence-corrected chi connectivity index (χ3v) is 2.23. The fourth-order valence-corrected chi connectivity index (χ4v) is 1.28. The number of imide groups is 1. The number of hydrogen-bond donors (Lipinski definition) is 3. The zero-order valence-corrected chi connectivity index (χ0v) is 10.2. The molecular formula is C12H14N4O2. The quantitative estimate of drug-likeness (QED) is 0.735. The molecule has 6 nitrogen and oxygen atoms in total. The molecule has 0 bridgehead atoms. The van der Waals surface area contributed by atoms with Crippen molar-refractivity contribution in [2.75, 3.05) is 12.4 Å². The number of carbonyl (C=O) groups is 2. The minimum absolute atomic E-state index is 0.447. The maximum absolute atomic E-state index is 11.6. The van der Waals surface area contributed by atoms with Crippen LogP contribution in [0.5, 0.6) is 0 Å². The van der Waals surface area contributed by atoms with Crippen molar-refractivity contribution in [2.45, 2.75) is 13.0 Å². The number of benzene rings is 1. The standard InChI is InChI=1S/C12H14N4O2/c1-8(11(17)16-12(18)14-2)15-10-5-3-4-9(6-10)7-13/h3-6,8,15H,1-2H3,(H2,14,16,17,18). The summed E-state index contributed by atoms with van der Waals surface area (Å²) in [6.45, 7) is 1.62. The lowest BCUT2D eigenvalue weighted by atomic mass is 10.2. The first-order chi connectivity index (χ1) is 8.56. The second kappa shape index (κ2) is 6.25. The van der Waals surface area contributed by atoms with E-state index in [2.05, 4.69) is 16.0 Å². The third-order valence-electron chi connectivity index (χ3n) is 2.23. The number of amides is 3. The van der Waals surface area contributed by atoms with Crippen LogP contribution >= 0.6 is 0 Å². The first kappa shape index (κ1) is 13.5. The van der Waals surface area contributed by atoms with Crippen LogP contribution in [0, 0.1) is 11.3 Å². The molecule has 1 rings (SSSR count). The Balaban J connectivity index is 2.64. The Morgan fingerprint density at radius 2 is 2.11 bits per heavy atom. The van der Waals surface area contributed by atoms with E-state index < -0.39 is 18.0 Å². The molecule has 0 radical (unpaired) electrons. The van der Waals surface area contributed by atoms with E-state index in [-0.39, 0.29) is 0 Å². The summed E-state index contributed by atoms with van der Waals surface area (Å²) in [6.07, 6.45) is 0. The zero-order chi connectivity index (χ0) is 13.5. The van der Waals surface area contributed by atoms with E-state index >= 15 is 0 Å². The monoisotopic (exact) mass is 246 g/mol. The first-order valence-corrected chi connectivity index (χ1v) is 5.36. The molecule has 0 aliphatic carbocycles. The lowest BCUT2D eigenvalue weighted by molar-refractivity contribution is -0.120. The van der Waals surface area contributed by atoms with Crippen LogP contribution in [0.2, 0.25) is 0 Å². The molecule has 94 valence electrons. The van der Waals surface area contributed by atoms with Crippen LogP contribution in [0.1, 0.15) is 12.5 Å². The molecule has 0 saturated heterocycles. The SMILES string of the molecule is CNC(=O)NC(=O)C(C)Nc1cccc(C#N)c1. The van der Waals surface area contributed by atoms with Crippen molar-refractivity contribution in [2.24, 2.45) is 0 Å². The number of nitriles is 1. The van der Waals surface area contributed by atoms with Gasteiger partial charge >= 0.3 is 6.03 Å². The number of hydrogen-bond acceptors (Lipinski definition) is 4. The lowest BCUT2D eigenvalue weighted by Gasteiger charge is -2.14. The Kier molecular flexibility index (Phi) is 4.69. The van der Waals surface area contributed by atoms with Gasteiger partial charge in [-0.05, 0) is 25.1 Å². The fourth-order valence-electron chi connectivity index (χ4n) is 1.28. The van der Waals surface area contributed by atoms with Crippen molar-refractivity contribution in [1.29, 1.82) is 5.26 Å². The molecule has 6 heteroatoms. The zero-order valence-electron chi connectivity index (χ0n) is 10.2. The molecule has 0 aliphatic rings. The van der Waals surface area contributed by atoms with E-state index in [1.165, 1.54) is 7.05 Å². The molecule has 18 heavy (non-hydrogen) atoms. The molecule has 1 aromatic carbocycles. The van der Waals surface area contributed by atoms with Crippen LogP contribution in [0.4, 0.5) is 10.5 Å².